The lowest BCUT2D eigenvalue weighted by molar-refractivity contribution is -0.113. The summed E-state index contributed by atoms with van der Waals surface area (Å²) in [5.41, 5.74) is 0.446. The number of rotatable bonds is 8. The fourth-order valence-electron chi connectivity index (χ4n) is 2.38. The Labute approximate surface area is 180 Å². The van der Waals surface area contributed by atoms with E-state index in [1.807, 2.05) is 11.5 Å². The number of nitrogens with zero attached hydrogens (tertiary/aromatic N) is 4. The van der Waals surface area contributed by atoms with Crippen LogP contribution >= 0.6 is 35.0 Å². The quantitative estimate of drug-likeness (QED) is 0.399. The van der Waals surface area contributed by atoms with E-state index in [4.69, 9.17) is 27.9 Å². The number of ether oxygens (including phenoxy) is 1. The predicted octanol–water partition coefficient (Wildman–Crippen LogP) is 4.45. The monoisotopic (exact) mass is 455 g/mol. The van der Waals surface area contributed by atoms with Crippen molar-refractivity contribution in [1.29, 1.82) is 0 Å². The number of anilines is 1. The molecule has 152 valence electrons. The van der Waals surface area contributed by atoms with Gasteiger partial charge in [-0.25, -0.2) is 9.37 Å². The van der Waals surface area contributed by atoms with Gasteiger partial charge in [-0.3, -0.25) is 4.79 Å². The molecule has 11 heteroatoms. The van der Waals surface area contributed by atoms with Gasteiger partial charge in [0.15, 0.2) is 16.1 Å². The van der Waals surface area contributed by atoms with Gasteiger partial charge in [-0.1, -0.05) is 35.0 Å². The third kappa shape index (κ3) is 5.59. The van der Waals surface area contributed by atoms with Crippen LogP contribution in [0.2, 0.25) is 10.2 Å². The number of aromatic nitrogens is 4. The zero-order valence-corrected chi connectivity index (χ0v) is 17.6. The molecule has 0 spiro atoms. The summed E-state index contributed by atoms with van der Waals surface area (Å²) in [4.78, 5) is 16.1. The van der Waals surface area contributed by atoms with E-state index in [1.54, 1.807) is 18.3 Å². The fraction of sp³-hybridized carbons (Fsp3) is 0.222. The molecule has 0 atom stereocenters. The van der Waals surface area contributed by atoms with E-state index in [2.05, 4.69) is 20.5 Å². The smallest absolute Gasteiger partial charge is 0.234 e. The molecule has 1 amide bonds. The van der Waals surface area contributed by atoms with Crippen LogP contribution < -0.4 is 10.1 Å². The van der Waals surface area contributed by atoms with Gasteiger partial charge in [-0.2, -0.15) is 0 Å². The van der Waals surface area contributed by atoms with Gasteiger partial charge in [0.1, 0.15) is 18.2 Å². The van der Waals surface area contributed by atoms with Crippen molar-refractivity contribution in [2.24, 2.45) is 0 Å². The molecule has 0 radical (unpaired) electrons. The van der Waals surface area contributed by atoms with E-state index in [0.29, 0.717) is 29.0 Å². The molecule has 0 fully saturated rings. The maximum absolute atomic E-state index is 13.1. The van der Waals surface area contributed by atoms with Crippen LogP contribution in [0.3, 0.4) is 0 Å². The number of halogens is 3. The average molecular weight is 456 g/mol. The van der Waals surface area contributed by atoms with Gasteiger partial charge in [-0.05, 0) is 37.3 Å². The van der Waals surface area contributed by atoms with Gasteiger partial charge in [0.25, 0.3) is 0 Å². The molecule has 29 heavy (non-hydrogen) atoms. The normalized spacial score (nSPS) is 10.8. The van der Waals surface area contributed by atoms with E-state index in [0.717, 1.165) is 0 Å². The summed E-state index contributed by atoms with van der Waals surface area (Å²) < 4.78 is 20.6. The molecular weight excluding hydrogens is 440 g/mol. The van der Waals surface area contributed by atoms with E-state index in [9.17, 15) is 9.18 Å². The molecule has 0 unspecified atom stereocenters. The van der Waals surface area contributed by atoms with E-state index < -0.39 is 5.82 Å². The highest BCUT2D eigenvalue weighted by Crippen LogP contribution is 2.26. The molecule has 7 nitrogen and oxygen atoms in total. The summed E-state index contributed by atoms with van der Waals surface area (Å²) in [5, 5.41) is 11.9. The van der Waals surface area contributed by atoms with Gasteiger partial charge in [0, 0.05) is 12.7 Å². The van der Waals surface area contributed by atoms with E-state index >= 15 is 0 Å². The second-order valence-corrected chi connectivity index (χ2v) is 7.39. The number of pyridine rings is 1. The molecular formula is C18H16Cl2FN5O2S. The summed E-state index contributed by atoms with van der Waals surface area (Å²) in [6.45, 7) is 2.61. The summed E-state index contributed by atoms with van der Waals surface area (Å²) in [6, 6.07) is 7.24. The van der Waals surface area contributed by atoms with Crippen molar-refractivity contribution in [3.8, 4) is 5.75 Å². The number of hydrogen-bond acceptors (Lipinski definition) is 6. The van der Waals surface area contributed by atoms with Crippen molar-refractivity contribution in [2.45, 2.75) is 25.2 Å². The van der Waals surface area contributed by atoms with Crippen LogP contribution in [0.4, 0.5) is 10.1 Å². The number of carbonyl (C=O) groups is 1. The molecule has 1 aromatic carbocycles. The Balaban J connectivity index is 1.60. The van der Waals surface area contributed by atoms with Crippen molar-refractivity contribution in [3.05, 3.63) is 58.3 Å². The summed E-state index contributed by atoms with van der Waals surface area (Å²) in [6.07, 6.45) is 1.54. The molecule has 3 aromatic rings. The van der Waals surface area contributed by atoms with Crippen molar-refractivity contribution in [2.75, 3.05) is 11.1 Å². The largest absolute Gasteiger partial charge is 0.484 e. The van der Waals surface area contributed by atoms with Gasteiger partial charge >= 0.3 is 0 Å². The van der Waals surface area contributed by atoms with Crippen molar-refractivity contribution >= 4 is 46.6 Å². The van der Waals surface area contributed by atoms with Crippen LogP contribution in [0.15, 0.2) is 41.7 Å². The maximum Gasteiger partial charge on any atom is 0.234 e. The topological polar surface area (TPSA) is 81.9 Å². The number of nitrogens with one attached hydrogen (secondary N) is 1. The predicted molar refractivity (Wildman–Crippen MR) is 110 cm³/mol. The number of amides is 1. The van der Waals surface area contributed by atoms with Gasteiger partial charge in [-0.15, -0.1) is 10.2 Å². The highest BCUT2D eigenvalue weighted by Gasteiger charge is 2.15. The zero-order valence-electron chi connectivity index (χ0n) is 15.2. The van der Waals surface area contributed by atoms with Gasteiger partial charge < -0.3 is 14.6 Å². The Hall–Kier alpha value is -2.36. The first-order valence-electron chi connectivity index (χ1n) is 8.51. The number of hydrogen-bond donors (Lipinski definition) is 1. The van der Waals surface area contributed by atoms with Gasteiger partial charge in [0.05, 0.1) is 16.5 Å². The second-order valence-electron chi connectivity index (χ2n) is 5.69. The minimum Gasteiger partial charge on any atom is -0.484 e. The van der Waals surface area contributed by atoms with Crippen molar-refractivity contribution in [3.63, 3.8) is 0 Å². The molecule has 0 saturated heterocycles. The SMILES string of the molecule is CCn1c(COc2ccc(F)cc2Cl)nnc1SCC(=O)Nc1cccnc1Cl. The first-order valence-corrected chi connectivity index (χ1v) is 10.2. The molecule has 3 rings (SSSR count). The Morgan fingerprint density at radius 3 is 2.86 bits per heavy atom. The standard InChI is InChI=1S/C18H16Cl2FN5O2S/c1-2-26-15(9-28-14-6-5-11(21)8-12(14)19)24-25-18(26)29-10-16(27)23-13-4-3-7-22-17(13)20/h3-8H,2,9-10H2,1H3,(H,23,27). The molecule has 2 heterocycles. The Kier molecular flexibility index (Phi) is 7.29. The number of carbonyl (C=O) groups excluding carboxylic acids is 1. The molecule has 2 aromatic heterocycles. The van der Waals surface area contributed by atoms with Crippen LogP contribution in [0, 0.1) is 5.82 Å². The Morgan fingerprint density at radius 1 is 1.31 bits per heavy atom. The summed E-state index contributed by atoms with van der Waals surface area (Å²) in [5.74, 6) is 0.343. The third-order valence-corrected chi connectivity index (χ3v) is 5.29. The lowest BCUT2D eigenvalue weighted by Crippen LogP contribution is -2.15. The minimum atomic E-state index is -0.441. The van der Waals surface area contributed by atoms with E-state index in [-0.39, 0.29) is 28.4 Å². The highest BCUT2D eigenvalue weighted by molar-refractivity contribution is 7.99. The van der Waals surface area contributed by atoms with Crippen LogP contribution in [0.1, 0.15) is 12.7 Å². The number of thioether (sulfide) groups is 1. The molecule has 1 N–H and O–H groups in total. The lowest BCUT2D eigenvalue weighted by atomic mass is 10.3. The molecule has 0 aliphatic carbocycles. The van der Waals surface area contributed by atoms with Gasteiger partial charge in [0.2, 0.25) is 5.91 Å². The zero-order chi connectivity index (χ0) is 20.8. The van der Waals surface area contributed by atoms with Crippen molar-refractivity contribution < 1.29 is 13.9 Å². The van der Waals surface area contributed by atoms with Crippen LogP contribution in [0.25, 0.3) is 0 Å². The second kappa shape index (κ2) is 9.91. The Morgan fingerprint density at radius 2 is 2.14 bits per heavy atom. The Bertz CT molecular complexity index is 1020. The molecule has 0 bridgehead atoms. The van der Waals surface area contributed by atoms with E-state index in [1.165, 1.54) is 30.0 Å². The van der Waals surface area contributed by atoms with Crippen LogP contribution in [-0.4, -0.2) is 31.4 Å². The molecule has 0 saturated carbocycles. The summed E-state index contributed by atoms with van der Waals surface area (Å²) in [7, 11) is 0. The minimum absolute atomic E-state index is 0.101. The highest BCUT2D eigenvalue weighted by atomic mass is 35.5. The first kappa shape index (κ1) is 21.4. The lowest BCUT2D eigenvalue weighted by Gasteiger charge is -2.10. The maximum atomic E-state index is 13.1. The van der Waals surface area contributed by atoms with Crippen LogP contribution in [0.5, 0.6) is 5.75 Å². The third-order valence-electron chi connectivity index (χ3n) is 3.73. The van der Waals surface area contributed by atoms with Crippen LogP contribution in [-0.2, 0) is 17.9 Å². The molecule has 0 aliphatic heterocycles. The fourth-order valence-corrected chi connectivity index (χ4v) is 3.59. The number of benzene rings is 1. The summed E-state index contributed by atoms with van der Waals surface area (Å²) >= 11 is 13.1. The van der Waals surface area contributed by atoms with Crippen molar-refractivity contribution in [1.82, 2.24) is 19.7 Å². The molecule has 0 aliphatic rings. The average Bonchev–Trinajstić information content (AvgIpc) is 3.09. The first-order chi connectivity index (χ1) is 14.0.